The van der Waals surface area contributed by atoms with Gasteiger partial charge in [-0.1, -0.05) is 34.6 Å². The summed E-state index contributed by atoms with van der Waals surface area (Å²) in [5, 5.41) is 0. The monoisotopic (exact) mass is 174 g/mol. The fourth-order valence-electron chi connectivity index (χ4n) is 1.22. The smallest absolute Gasteiger partial charge is 0.0549 e. The van der Waals surface area contributed by atoms with Crippen molar-refractivity contribution in [2.45, 2.75) is 60.5 Å². The molecule has 1 aliphatic heterocycles. The number of hydrogen-bond acceptors (Lipinski definition) is 1. The average Bonchev–Trinajstić information content (AvgIpc) is 2.11. The van der Waals surface area contributed by atoms with Crippen molar-refractivity contribution in [1.82, 2.24) is 0 Å². The van der Waals surface area contributed by atoms with Gasteiger partial charge in [0.1, 0.15) is 0 Å². The zero-order valence-electron chi connectivity index (χ0n) is 9.68. The van der Waals surface area contributed by atoms with Crippen molar-refractivity contribution >= 4 is 0 Å². The molecule has 0 spiro atoms. The van der Waals surface area contributed by atoms with Gasteiger partial charge in [0.25, 0.3) is 0 Å². The van der Waals surface area contributed by atoms with Crippen LogP contribution in [0.2, 0.25) is 0 Å². The van der Waals surface area contributed by atoms with Crippen LogP contribution in [-0.4, -0.2) is 12.7 Å². The molecule has 0 radical (unpaired) electrons. The summed E-state index contributed by atoms with van der Waals surface area (Å²) in [5.74, 6) is 0.888. The molecule has 0 saturated carbocycles. The Morgan fingerprint density at radius 3 is 1.75 bits per heavy atom. The van der Waals surface area contributed by atoms with Gasteiger partial charge in [0.2, 0.25) is 0 Å². The van der Waals surface area contributed by atoms with E-state index in [9.17, 15) is 0 Å². The van der Waals surface area contributed by atoms with Crippen LogP contribution in [0.15, 0.2) is 0 Å². The molecular weight excluding hydrogens is 148 g/mol. The van der Waals surface area contributed by atoms with E-state index in [-0.39, 0.29) is 0 Å². The Balaban J connectivity index is 0. The number of rotatable bonds is 0. The molecule has 1 aliphatic rings. The predicted octanol–water partition coefficient (Wildman–Crippen LogP) is 3.87. The summed E-state index contributed by atoms with van der Waals surface area (Å²) in [6.07, 6.45) is 3.02. The lowest BCUT2D eigenvalue weighted by Gasteiger charge is -2.23. The number of hydrogen-bond donors (Lipinski definition) is 0. The van der Waals surface area contributed by atoms with Crippen LogP contribution in [-0.2, 0) is 4.74 Å². The van der Waals surface area contributed by atoms with Gasteiger partial charge in [-0.25, -0.2) is 0 Å². The zero-order chi connectivity index (χ0) is 9.98. The molecule has 2 atom stereocenters. The summed E-state index contributed by atoms with van der Waals surface area (Å²) < 4.78 is 5.35. The predicted molar refractivity (Wildman–Crippen MR) is 56.5 cm³/mol. The maximum Gasteiger partial charge on any atom is 0.0549 e. The molecule has 0 aliphatic carbocycles. The van der Waals surface area contributed by atoms with Crippen LogP contribution in [0.5, 0.6) is 0 Å². The Kier molecular flexibility index (Phi) is 13.2. The highest BCUT2D eigenvalue weighted by molar-refractivity contribution is 4.63. The Hall–Kier alpha value is -0.0400. The Morgan fingerprint density at radius 2 is 1.50 bits per heavy atom. The van der Waals surface area contributed by atoms with Crippen molar-refractivity contribution in [2.24, 2.45) is 5.92 Å². The van der Waals surface area contributed by atoms with Gasteiger partial charge in [0.05, 0.1) is 6.10 Å². The standard InChI is InChI=1S/C7H14O.2C2H6/c1-6-3-4-8-7(2)5-6;2*1-2/h6-7H,3-5H2,1-2H3;2*1-2H3. The first-order valence-corrected chi connectivity index (χ1v) is 5.40. The van der Waals surface area contributed by atoms with E-state index in [1.165, 1.54) is 12.8 Å². The van der Waals surface area contributed by atoms with Gasteiger partial charge < -0.3 is 4.74 Å². The molecular formula is C11H26O. The van der Waals surface area contributed by atoms with Crippen LogP contribution in [0.1, 0.15) is 54.4 Å². The van der Waals surface area contributed by atoms with Gasteiger partial charge in [-0.15, -0.1) is 0 Å². The summed E-state index contributed by atoms with van der Waals surface area (Å²) >= 11 is 0. The molecule has 0 aromatic carbocycles. The second kappa shape index (κ2) is 11.0. The van der Waals surface area contributed by atoms with Crippen molar-refractivity contribution in [2.75, 3.05) is 6.61 Å². The van der Waals surface area contributed by atoms with Crippen LogP contribution < -0.4 is 0 Å². The van der Waals surface area contributed by atoms with E-state index in [2.05, 4.69) is 13.8 Å². The van der Waals surface area contributed by atoms with Crippen LogP contribution in [0, 0.1) is 5.92 Å². The van der Waals surface area contributed by atoms with Crippen LogP contribution in [0.25, 0.3) is 0 Å². The van der Waals surface area contributed by atoms with Gasteiger partial charge in [0.15, 0.2) is 0 Å². The maximum absolute atomic E-state index is 5.35. The summed E-state index contributed by atoms with van der Waals surface area (Å²) in [5.41, 5.74) is 0. The molecule has 1 heterocycles. The first-order valence-electron chi connectivity index (χ1n) is 5.40. The summed E-state index contributed by atoms with van der Waals surface area (Å²) in [6.45, 7) is 13.4. The van der Waals surface area contributed by atoms with Crippen LogP contribution in [0.3, 0.4) is 0 Å². The molecule has 1 saturated heterocycles. The third-order valence-electron chi connectivity index (χ3n) is 1.75. The highest BCUT2D eigenvalue weighted by Crippen LogP contribution is 2.18. The molecule has 1 nitrogen and oxygen atoms in total. The highest BCUT2D eigenvalue weighted by Gasteiger charge is 2.13. The molecule has 2 unspecified atom stereocenters. The molecule has 0 amide bonds. The lowest BCUT2D eigenvalue weighted by Crippen LogP contribution is -2.20. The van der Waals surface area contributed by atoms with Crippen molar-refractivity contribution in [3.63, 3.8) is 0 Å². The third-order valence-corrected chi connectivity index (χ3v) is 1.75. The first kappa shape index (κ1) is 14.5. The highest BCUT2D eigenvalue weighted by atomic mass is 16.5. The minimum atomic E-state index is 0.513. The van der Waals surface area contributed by atoms with E-state index >= 15 is 0 Å². The molecule has 0 bridgehead atoms. The lowest BCUT2D eigenvalue weighted by atomic mass is 9.99. The van der Waals surface area contributed by atoms with Crippen molar-refractivity contribution in [1.29, 1.82) is 0 Å². The number of ether oxygens (including phenoxy) is 1. The van der Waals surface area contributed by atoms with Crippen LogP contribution in [0.4, 0.5) is 0 Å². The van der Waals surface area contributed by atoms with Gasteiger partial charge in [-0.2, -0.15) is 0 Å². The molecule has 1 rings (SSSR count). The maximum atomic E-state index is 5.35. The summed E-state index contributed by atoms with van der Waals surface area (Å²) in [6, 6.07) is 0. The largest absolute Gasteiger partial charge is 0.378 e. The minimum absolute atomic E-state index is 0.513. The SMILES string of the molecule is CC.CC.CC1CCOC(C)C1. The van der Waals surface area contributed by atoms with E-state index in [4.69, 9.17) is 4.74 Å². The summed E-state index contributed by atoms with van der Waals surface area (Å²) in [7, 11) is 0. The Labute approximate surface area is 78.5 Å². The van der Waals surface area contributed by atoms with E-state index < -0.39 is 0 Å². The van der Waals surface area contributed by atoms with Crippen molar-refractivity contribution in [3.8, 4) is 0 Å². The molecule has 0 aromatic rings. The quantitative estimate of drug-likeness (QED) is 0.541. The molecule has 1 fully saturated rings. The minimum Gasteiger partial charge on any atom is -0.378 e. The fraction of sp³-hybridized carbons (Fsp3) is 1.00. The molecule has 0 N–H and O–H groups in total. The van der Waals surface area contributed by atoms with Crippen molar-refractivity contribution in [3.05, 3.63) is 0 Å². The summed E-state index contributed by atoms with van der Waals surface area (Å²) in [4.78, 5) is 0. The second-order valence-electron chi connectivity index (χ2n) is 2.81. The zero-order valence-corrected chi connectivity index (χ0v) is 9.68. The van der Waals surface area contributed by atoms with Gasteiger partial charge in [-0.05, 0) is 25.7 Å². The molecule has 76 valence electrons. The fourth-order valence-corrected chi connectivity index (χ4v) is 1.22. The molecule has 1 heteroatoms. The van der Waals surface area contributed by atoms with E-state index in [1.807, 2.05) is 27.7 Å². The van der Waals surface area contributed by atoms with Crippen LogP contribution >= 0.6 is 0 Å². The Bertz CT molecular complexity index is 63.4. The van der Waals surface area contributed by atoms with E-state index in [0.717, 1.165) is 12.5 Å². The average molecular weight is 174 g/mol. The van der Waals surface area contributed by atoms with Crippen molar-refractivity contribution < 1.29 is 4.74 Å². The third kappa shape index (κ3) is 8.06. The normalized spacial score (nSPS) is 27.5. The Morgan fingerprint density at radius 1 is 1.00 bits per heavy atom. The van der Waals surface area contributed by atoms with Gasteiger partial charge in [-0.3, -0.25) is 0 Å². The first-order chi connectivity index (χ1) is 5.79. The lowest BCUT2D eigenvalue weighted by molar-refractivity contribution is 0.00682. The second-order valence-corrected chi connectivity index (χ2v) is 2.81. The van der Waals surface area contributed by atoms with Gasteiger partial charge >= 0.3 is 0 Å². The molecule has 12 heavy (non-hydrogen) atoms. The van der Waals surface area contributed by atoms with E-state index in [1.54, 1.807) is 0 Å². The topological polar surface area (TPSA) is 9.23 Å². The van der Waals surface area contributed by atoms with Gasteiger partial charge in [0, 0.05) is 6.61 Å². The molecule has 0 aromatic heterocycles. The van der Waals surface area contributed by atoms with E-state index in [0.29, 0.717) is 6.10 Å².